The number of para-hydroxylation sites is 2. The maximum atomic E-state index is 5.30. The van der Waals surface area contributed by atoms with E-state index < -0.39 is 0 Å². The van der Waals surface area contributed by atoms with Crippen LogP contribution in [0.15, 0.2) is 97.1 Å². The fraction of sp³-hybridized carbons (Fsp3) is 0.122. The second-order valence-corrected chi connectivity index (χ2v) is 14.3. The molecular weight excluding hydrogens is 567 g/mol. The van der Waals surface area contributed by atoms with Gasteiger partial charge in [-0.2, -0.15) is 0 Å². The molecular formula is C41H27N3S. The fourth-order valence-electron chi connectivity index (χ4n) is 8.66. The van der Waals surface area contributed by atoms with Gasteiger partial charge in [-0.25, -0.2) is 9.97 Å². The van der Waals surface area contributed by atoms with Crippen LogP contribution in [0.5, 0.6) is 0 Å². The van der Waals surface area contributed by atoms with E-state index in [2.05, 4.69) is 121 Å². The van der Waals surface area contributed by atoms with E-state index in [-0.39, 0.29) is 5.41 Å². The summed E-state index contributed by atoms with van der Waals surface area (Å²) in [4.78, 5) is 12.0. The molecule has 45 heavy (non-hydrogen) atoms. The highest BCUT2D eigenvalue weighted by Crippen LogP contribution is 2.53. The second-order valence-electron chi connectivity index (χ2n) is 13.3. The number of rotatable bonds is 1. The smallest absolute Gasteiger partial charge is 0.165 e. The third-order valence-electron chi connectivity index (χ3n) is 10.6. The molecule has 2 aliphatic carbocycles. The van der Waals surface area contributed by atoms with E-state index in [0.29, 0.717) is 0 Å². The number of aromatic nitrogens is 3. The summed E-state index contributed by atoms with van der Waals surface area (Å²) in [6, 6.07) is 33.6. The average molecular weight is 594 g/mol. The summed E-state index contributed by atoms with van der Waals surface area (Å²) in [7, 11) is 0. The quantitative estimate of drug-likeness (QED) is 0.190. The first-order valence-electron chi connectivity index (χ1n) is 15.8. The van der Waals surface area contributed by atoms with Gasteiger partial charge < -0.3 is 0 Å². The van der Waals surface area contributed by atoms with Gasteiger partial charge in [0.15, 0.2) is 5.65 Å². The molecule has 212 valence electrons. The zero-order chi connectivity index (χ0) is 29.6. The third kappa shape index (κ3) is 2.92. The van der Waals surface area contributed by atoms with Crippen molar-refractivity contribution >= 4 is 76.9 Å². The lowest BCUT2D eigenvalue weighted by molar-refractivity contribution is 0.662. The van der Waals surface area contributed by atoms with Crippen molar-refractivity contribution in [2.45, 2.75) is 32.1 Å². The van der Waals surface area contributed by atoms with Crippen molar-refractivity contribution in [2.24, 2.45) is 0 Å². The molecule has 9 aromatic rings. The van der Waals surface area contributed by atoms with Gasteiger partial charge in [0.2, 0.25) is 0 Å². The number of allylic oxidation sites excluding steroid dienone is 1. The highest BCUT2D eigenvalue weighted by molar-refractivity contribution is 7.20. The standard InChI is InChI=1S/C41H27N3S/c1-41(2)29-14-5-3-10-24(29)25-13-9-12-23(37(25)41)22-18-19-32-27(20-22)28-21-34-35(26-11-4-8-17-33(26)45-34)36-38-40(44(32)39(28)36)43-31-16-7-6-15-30(31)42-38/h3,5-10,12-21H,4,11H2,1-2H3. The van der Waals surface area contributed by atoms with Gasteiger partial charge in [0, 0.05) is 36.5 Å². The van der Waals surface area contributed by atoms with Gasteiger partial charge in [0.05, 0.1) is 22.1 Å². The minimum absolute atomic E-state index is 0.0740. The maximum absolute atomic E-state index is 5.30. The molecule has 4 aromatic heterocycles. The molecule has 0 saturated heterocycles. The molecule has 0 fully saturated rings. The SMILES string of the molecule is CC1(C)c2ccccc2-c2cccc(-c3ccc4c(c3)c3cc5sc6c(c5c5c7nc8ccccc8nc7n4c35)CCC=C6)c21. The highest BCUT2D eigenvalue weighted by atomic mass is 32.1. The molecule has 0 atom stereocenters. The van der Waals surface area contributed by atoms with Crippen molar-refractivity contribution in [3.63, 3.8) is 0 Å². The molecule has 4 heteroatoms. The number of thiophene rings is 1. The minimum atomic E-state index is -0.0740. The van der Waals surface area contributed by atoms with Crippen LogP contribution in [0.25, 0.3) is 87.8 Å². The van der Waals surface area contributed by atoms with Gasteiger partial charge in [0.1, 0.15) is 5.52 Å². The van der Waals surface area contributed by atoms with Crippen molar-refractivity contribution in [1.82, 2.24) is 14.4 Å². The molecule has 0 amide bonds. The van der Waals surface area contributed by atoms with Crippen molar-refractivity contribution < 1.29 is 0 Å². The first-order valence-corrected chi connectivity index (χ1v) is 16.6. The molecule has 4 heterocycles. The molecule has 2 aliphatic rings. The second kappa shape index (κ2) is 8.15. The molecule has 11 rings (SSSR count). The molecule has 0 bridgehead atoms. The van der Waals surface area contributed by atoms with Crippen molar-refractivity contribution in [3.8, 4) is 22.3 Å². The van der Waals surface area contributed by atoms with Crippen molar-refractivity contribution in [2.75, 3.05) is 0 Å². The number of benzene rings is 5. The average Bonchev–Trinajstić information content (AvgIpc) is 3.77. The molecule has 0 radical (unpaired) electrons. The normalized spacial score (nSPS) is 15.2. The van der Waals surface area contributed by atoms with E-state index in [4.69, 9.17) is 9.97 Å². The molecule has 0 unspecified atom stereocenters. The van der Waals surface area contributed by atoms with E-state index >= 15 is 0 Å². The van der Waals surface area contributed by atoms with Gasteiger partial charge >= 0.3 is 0 Å². The predicted octanol–water partition coefficient (Wildman–Crippen LogP) is 10.9. The Morgan fingerprint density at radius 3 is 2.47 bits per heavy atom. The largest absolute Gasteiger partial charge is 0.291 e. The summed E-state index contributed by atoms with van der Waals surface area (Å²) in [6.45, 7) is 4.75. The third-order valence-corrected chi connectivity index (χ3v) is 11.7. The van der Waals surface area contributed by atoms with Gasteiger partial charge in [-0.05, 0) is 88.2 Å². The summed E-state index contributed by atoms with van der Waals surface area (Å²) in [5.41, 5.74) is 15.8. The van der Waals surface area contributed by atoms with Crippen LogP contribution in [0.3, 0.4) is 0 Å². The predicted molar refractivity (Wildman–Crippen MR) is 190 cm³/mol. The Labute approximate surface area is 263 Å². The van der Waals surface area contributed by atoms with E-state index in [1.165, 1.54) is 81.1 Å². The number of fused-ring (bicyclic) bond motifs is 14. The van der Waals surface area contributed by atoms with Crippen LogP contribution in [-0.4, -0.2) is 14.4 Å². The molecule has 3 nitrogen and oxygen atoms in total. The number of hydrogen-bond acceptors (Lipinski definition) is 3. The Balaban J connectivity index is 1.28. The van der Waals surface area contributed by atoms with Crippen LogP contribution >= 0.6 is 11.3 Å². The maximum Gasteiger partial charge on any atom is 0.165 e. The zero-order valence-corrected chi connectivity index (χ0v) is 25.8. The fourth-order valence-corrected chi connectivity index (χ4v) is 9.89. The monoisotopic (exact) mass is 593 g/mol. The van der Waals surface area contributed by atoms with Crippen LogP contribution in [0.4, 0.5) is 0 Å². The van der Waals surface area contributed by atoms with Crippen LogP contribution < -0.4 is 0 Å². The zero-order valence-electron chi connectivity index (χ0n) is 25.0. The van der Waals surface area contributed by atoms with E-state index in [1.54, 1.807) is 0 Å². The topological polar surface area (TPSA) is 30.2 Å². The molecule has 0 saturated carbocycles. The lowest BCUT2D eigenvalue weighted by Gasteiger charge is -2.24. The lowest BCUT2D eigenvalue weighted by atomic mass is 9.79. The highest BCUT2D eigenvalue weighted by Gasteiger charge is 2.37. The van der Waals surface area contributed by atoms with E-state index in [9.17, 15) is 0 Å². The summed E-state index contributed by atoms with van der Waals surface area (Å²) in [6.07, 6.45) is 6.80. The number of nitrogens with zero attached hydrogens (tertiary/aromatic N) is 3. The number of aryl methyl sites for hydroxylation is 1. The van der Waals surface area contributed by atoms with Gasteiger partial charge in [-0.15, -0.1) is 11.3 Å². The summed E-state index contributed by atoms with van der Waals surface area (Å²) in [5.74, 6) is 0. The Hall–Kier alpha value is -5.06. The molecule has 0 spiro atoms. The minimum Gasteiger partial charge on any atom is -0.291 e. The van der Waals surface area contributed by atoms with Crippen molar-refractivity contribution in [1.29, 1.82) is 0 Å². The Morgan fingerprint density at radius 2 is 1.56 bits per heavy atom. The first kappa shape index (κ1) is 24.3. The number of hydrogen-bond donors (Lipinski definition) is 0. The molecule has 5 aromatic carbocycles. The van der Waals surface area contributed by atoms with Gasteiger partial charge in [0.25, 0.3) is 0 Å². The van der Waals surface area contributed by atoms with Crippen LogP contribution in [0.2, 0.25) is 0 Å². The van der Waals surface area contributed by atoms with Gasteiger partial charge in [-0.3, -0.25) is 4.40 Å². The van der Waals surface area contributed by atoms with E-state index in [1.807, 2.05) is 11.3 Å². The van der Waals surface area contributed by atoms with Crippen molar-refractivity contribution in [3.05, 3.63) is 119 Å². The van der Waals surface area contributed by atoms with E-state index in [0.717, 1.165) is 35.0 Å². The Bertz CT molecular complexity index is 2790. The van der Waals surface area contributed by atoms with Crippen LogP contribution in [0, 0.1) is 0 Å². The van der Waals surface area contributed by atoms with Gasteiger partial charge in [-0.1, -0.05) is 80.6 Å². The molecule has 0 N–H and O–H groups in total. The summed E-state index contributed by atoms with van der Waals surface area (Å²) in [5, 5.41) is 5.20. The van der Waals surface area contributed by atoms with Crippen LogP contribution in [0.1, 0.15) is 41.8 Å². The Kier molecular flexibility index (Phi) is 4.40. The first-order chi connectivity index (χ1) is 22.1. The summed E-state index contributed by atoms with van der Waals surface area (Å²) >= 11 is 1.92. The lowest BCUT2D eigenvalue weighted by Crippen LogP contribution is -2.16. The molecule has 0 aliphatic heterocycles. The van der Waals surface area contributed by atoms with Crippen LogP contribution in [-0.2, 0) is 11.8 Å². The Morgan fingerprint density at radius 1 is 0.756 bits per heavy atom. The summed E-state index contributed by atoms with van der Waals surface area (Å²) < 4.78 is 3.74.